The summed E-state index contributed by atoms with van der Waals surface area (Å²) >= 11 is 0. The van der Waals surface area contributed by atoms with Gasteiger partial charge in [-0.1, -0.05) is 39.8 Å². The van der Waals surface area contributed by atoms with Crippen molar-refractivity contribution < 1.29 is 0 Å². The molecule has 0 saturated carbocycles. The lowest BCUT2D eigenvalue weighted by molar-refractivity contribution is 0.245. The summed E-state index contributed by atoms with van der Waals surface area (Å²) in [5, 5.41) is 0. The normalized spacial score (nSPS) is 31.0. The van der Waals surface area contributed by atoms with Crippen LogP contribution in [-0.2, 0) is 5.41 Å². The van der Waals surface area contributed by atoms with E-state index in [1.54, 1.807) is 0 Å². The quantitative estimate of drug-likeness (QED) is 0.631. The third-order valence-electron chi connectivity index (χ3n) is 9.81. The summed E-state index contributed by atoms with van der Waals surface area (Å²) in [6.07, 6.45) is 1.29. The molecule has 6 heterocycles. The van der Waals surface area contributed by atoms with E-state index in [9.17, 15) is 0 Å². The van der Waals surface area contributed by atoms with Gasteiger partial charge in [0.25, 0.3) is 0 Å². The lowest BCUT2D eigenvalue weighted by Gasteiger charge is -2.36. The topological polar surface area (TPSA) is 38.7 Å². The predicted molar refractivity (Wildman–Crippen MR) is 148 cm³/mol. The third-order valence-corrected chi connectivity index (χ3v) is 9.81. The first-order valence-corrected chi connectivity index (χ1v) is 14.1. The van der Waals surface area contributed by atoms with Crippen molar-refractivity contribution in [3.63, 3.8) is 0 Å². The van der Waals surface area contributed by atoms with Crippen molar-refractivity contribution in [3.05, 3.63) is 47.8 Å². The minimum atomic E-state index is -0.0138. The summed E-state index contributed by atoms with van der Waals surface area (Å²) in [6, 6.07) is 14.5. The second-order valence-electron chi connectivity index (χ2n) is 12.9. The van der Waals surface area contributed by atoms with Gasteiger partial charge >= 0.3 is 0 Å². The fraction of sp³-hybridized carbons (Fsp3) is 0.667. The largest absolute Gasteiger partial charge is 0.352 e. The van der Waals surface area contributed by atoms with Gasteiger partial charge in [0, 0.05) is 68.2 Å². The van der Waals surface area contributed by atoms with Gasteiger partial charge in [-0.2, -0.15) is 0 Å². The molecule has 0 amide bonds. The average molecular weight is 489 g/mol. The van der Waals surface area contributed by atoms with Crippen LogP contribution in [0.3, 0.4) is 0 Å². The lowest BCUT2D eigenvalue weighted by atomic mass is 9.70. The first kappa shape index (κ1) is 24.2. The Morgan fingerprint density at radius 3 is 2.28 bits per heavy atom. The number of hydrogen-bond donors (Lipinski definition) is 0. The van der Waals surface area contributed by atoms with Crippen molar-refractivity contribution in [1.82, 2.24) is 19.8 Å². The van der Waals surface area contributed by atoms with Gasteiger partial charge in [0.15, 0.2) is 0 Å². The molecule has 0 N–H and O–H groups in total. The molecule has 0 aromatic carbocycles. The van der Waals surface area contributed by atoms with E-state index in [-0.39, 0.29) is 5.41 Å². The molecule has 4 aliphatic heterocycles. The number of fused-ring (bicyclic) bond motifs is 2. The molecule has 6 rings (SSSR count). The molecular weight excluding hydrogens is 444 g/mol. The number of aromatic nitrogens is 2. The Kier molecular flexibility index (Phi) is 6.03. The third kappa shape index (κ3) is 4.01. The molecule has 5 atom stereocenters. The van der Waals surface area contributed by atoms with Crippen molar-refractivity contribution in [2.75, 3.05) is 63.2 Å². The minimum absolute atomic E-state index is 0.0138. The molecule has 6 heteroatoms. The van der Waals surface area contributed by atoms with Crippen LogP contribution in [0.1, 0.15) is 51.4 Å². The van der Waals surface area contributed by atoms with E-state index in [2.05, 4.69) is 97.8 Å². The van der Waals surface area contributed by atoms with Crippen LogP contribution in [0.2, 0.25) is 0 Å². The fourth-order valence-corrected chi connectivity index (χ4v) is 7.76. The highest BCUT2D eigenvalue weighted by molar-refractivity contribution is 5.47. The molecule has 4 saturated heterocycles. The summed E-state index contributed by atoms with van der Waals surface area (Å²) in [5.41, 5.74) is 2.42. The summed E-state index contributed by atoms with van der Waals surface area (Å²) in [7, 11) is 4.54. The number of anilines is 2. The Morgan fingerprint density at radius 1 is 0.806 bits per heavy atom. The Hall–Kier alpha value is -2.18. The van der Waals surface area contributed by atoms with Crippen LogP contribution in [0.15, 0.2) is 36.4 Å². The van der Waals surface area contributed by atoms with Gasteiger partial charge < -0.3 is 19.6 Å². The molecule has 0 radical (unpaired) electrons. The molecule has 2 aromatic rings. The SMILES string of the molecule is CC(C)c1cccc(N2CC(C(C)(C)c3cccc(N4CC[C@H]5CN(C)C[C@H]54)n3)[C@@H]3CN(C)CC32)n1. The van der Waals surface area contributed by atoms with Crippen LogP contribution in [0, 0.1) is 17.8 Å². The van der Waals surface area contributed by atoms with Crippen LogP contribution in [0.5, 0.6) is 0 Å². The monoisotopic (exact) mass is 488 g/mol. The molecule has 194 valence electrons. The molecule has 36 heavy (non-hydrogen) atoms. The van der Waals surface area contributed by atoms with Crippen LogP contribution in [0.4, 0.5) is 11.6 Å². The van der Waals surface area contributed by atoms with E-state index in [1.165, 1.54) is 30.2 Å². The fourth-order valence-electron chi connectivity index (χ4n) is 7.76. The zero-order valence-corrected chi connectivity index (χ0v) is 23.1. The van der Waals surface area contributed by atoms with Gasteiger partial charge in [-0.3, -0.25) is 0 Å². The number of nitrogens with zero attached hydrogens (tertiary/aromatic N) is 6. The molecule has 2 unspecified atom stereocenters. The maximum absolute atomic E-state index is 5.38. The highest BCUT2D eigenvalue weighted by atomic mass is 15.3. The number of likely N-dealkylation sites (N-methyl/N-ethyl adjacent to an activating group) is 2. The van der Waals surface area contributed by atoms with E-state index in [4.69, 9.17) is 9.97 Å². The van der Waals surface area contributed by atoms with Gasteiger partial charge in [0.05, 0.1) is 0 Å². The number of rotatable bonds is 5. The second-order valence-corrected chi connectivity index (χ2v) is 12.9. The van der Waals surface area contributed by atoms with Crippen molar-refractivity contribution in [2.45, 2.75) is 57.5 Å². The predicted octanol–water partition coefficient (Wildman–Crippen LogP) is 4.08. The van der Waals surface area contributed by atoms with Gasteiger partial charge in [-0.15, -0.1) is 0 Å². The summed E-state index contributed by atoms with van der Waals surface area (Å²) in [5.74, 6) is 4.73. The summed E-state index contributed by atoms with van der Waals surface area (Å²) in [4.78, 5) is 20.7. The van der Waals surface area contributed by atoms with Gasteiger partial charge in [-0.25, -0.2) is 9.97 Å². The molecule has 6 nitrogen and oxygen atoms in total. The van der Waals surface area contributed by atoms with Crippen LogP contribution >= 0.6 is 0 Å². The Labute approximate surface area is 217 Å². The van der Waals surface area contributed by atoms with Gasteiger partial charge in [-0.05, 0) is 68.5 Å². The van der Waals surface area contributed by atoms with E-state index in [0.29, 0.717) is 29.8 Å². The summed E-state index contributed by atoms with van der Waals surface area (Å²) < 4.78 is 0. The molecule has 0 spiro atoms. The highest BCUT2D eigenvalue weighted by Gasteiger charge is 2.52. The Balaban J connectivity index is 1.29. The molecule has 0 bridgehead atoms. The smallest absolute Gasteiger partial charge is 0.129 e. The maximum atomic E-state index is 5.38. The second kappa shape index (κ2) is 8.98. The van der Waals surface area contributed by atoms with Crippen LogP contribution in [-0.4, -0.2) is 85.2 Å². The van der Waals surface area contributed by atoms with E-state index in [0.717, 1.165) is 44.5 Å². The van der Waals surface area contributed by atoms with Crippen molar-refractivity contribution >= 4 is 11.6 Å². The molecule has 2 aromatic heterocycles. The minimum Gasteiger partial charge on any atom is -0.352 e. The van der Waals surface area contributed by atoms with E-state index >= 15 is 0 Å². The standard InChI is InChI=1S/C30H44N6/c1-20(2)24-9-7-11-28(31-24)36-17-23(22-16-34(6)19-26(22)36)30(3,4)27-10-8-12-29(32-27)35-14-13-21-15-33(5)18-25(21)35/h7-12,20-23,25-26H,13-19H2,1-6H3/t21-,22-,23?,25+,26?/m0/s1. The zero-order chi connectivity index (χ0) is 25.2. The molecule has 4 fully saturated rings. The van der Waals surface area contributed by atoms with Gasteiger partial charge in [0.1, 0.15) is 11.6 Å². The lowest BCUT2D eigenvalue weighted by Crippen LogP contribution is -2.39. The van der Waals surface area contributed by atoms with Crippen molar-refractivity contribution in [3.8, 4) is 0 Å². The Morgan fingerprint density at radius 2 is 1.50 bits per heavy atom. The number of likely N-dealkylation sites (tertiary alicyclic amines) is 2. The maximum Gasteiger partial charge on any atom is 0.129 e. The van der Waals surface area contributed by atoms with Crippen molar-refractivity contribution in [1.29, 1.82) is 0 Å². The van der Waals surface area contributed by atoms with E-state index < -0.39 is 0 Å². The first-order chi connectivity index (χ1) is 17.2. The number of hydrogen-bond acceptors (Lipinski definition) is 6. The Bertz CT molecular complexity index is 1100. The van der Waals surface area contributed by atoms with Gasteiger partial charge in [0.2, 0.25) is 0 Å². The molecule has 4 aliphatic rings. The molecular formula is C30H44N6. The number of pyridine rings is 2. The highest BCUT2D eigenvalue weighted by Crippen LogP contribution is 2.47. The zero-order valence-electron chi connectivity index (χ0n) is 23.1. The average Bonchev–Trinajstić information content (AvgIpc) is 3.59. The van der Waals surface area contributed by atoms with Crippen LogP contribution < -0.4 is 9.80 Å². The van der Waals surface area contributed by atoms with E-state index in [1.807, 2.05) is 0 Å². The summed E-state index contributed by atoms with van der Waals surface area (Å²) in [6.45, 7) is 16.2. The van der Waals surface area contributed by atoms with Crippen LogP contribution in [0.25, 0.3) is 0 Å². The van der Waals surface area contributed by atoms with Crippen molar-refractivity contribution in [2.24, 2.45) is 17.8 Å². The first-order valence-electron chi connectivity index (χ1n) is 14.1. The molecule has 0 aliphatic carbocycles.